The van der Waals surface area contributed by atoms with Gasteiger partial charge >= 0.3 is 0 Å². The van der Waals surface area contributed by atoms with E-state index in [9.17, 15) is 14.7 Å². The van der Waals surface area contributed by atoms with E-state index in [1.54, 1.807) is 24.3 Å². The molecule has 0 fully saturated rings. The van der Waals surface area contributed by atoms with Gasteiger partial charge in [-0.2, -0.15) is 5.10 Å². The Morgan fingerprint density at radius 1 is 1.17 bits per heavy atom. The first kappa shape index (κ1) is 24.2. The van der Waals surface area contributed by atoms with Crippen LogP contribution in [0.1, 0.15) is 41.4 Å². The minimum Gasteiger partial charge on any atom is -0.504 e. The van der Waals surface area contributed by atoms with Gasteiger partial charge in [0.1, 0.15) is 0 Å². The third kappa shape index (κ3) is 5.58. The van der Waals surface area contributed by atoms with E-state index in [0.29, 0.717) is 17.9 Å². The number of phenolic OH excluding ortho intramolecular Hbond substituents is 1. The molecule has 1 atom stereocenters. The van der Waals surface area contributed by atoms with Crippen molar-refractivity contribution in [2.24, 2.45) is 11.0 Å². The lowest BCUT2D eigenvalue weighted by Gasteiger charge is -2.29. The Labute approximate surface area is 207 Å². The summed E-state index contributed by atoms with van der Waals surface area (Å²) in [6, 6.07) is 15.2. The van der Waals surface area contributed by atoms with E-state index in [4.69, 9.17) is 16.3 Å². The van der Waals surface area contributed by atoms with Crippen molar-refractivity contribution in [1.82, 2.24) is 15.2 Å². The van der Waals surface area contributed by atoms with E-state index in [1.165, 1.54) is 24.3 Å². The number of halogens is 1. The molecule has 1 unspecified atom stereocenters. The summed E-state index contributed by atoms with van der Waals surface area (Å²) in [6.45, 7) is 2.28. The van der Waals surface area contributed by atoms with Crippen molar-refractivity contribution in [3.05, 3.63) is 76.6 Å². The zero-order chi connectivity index (χ0) is 24.9. The molecule has 35 heavy (non-hydrogen) atoms. The number of hydrogen-bond acceptors (Lipinski definition) is 7. The van der Waals surface area contributed by atoms with Crippen LogP contribution in [0.3, 0.4) is 0 Å². The van der Waals surface area contributed by atoms with Crippen LogP contribution in [0, 0.1) is 5.92 Å². The van der Waals surface area contributed by atoms with Gasteiger partial charge in [-0.15, -0.1) is 10.2 Å². The average Bonchev–Trinajstić information content (AvgIpc) is 2.86. The highest BCUT2D eigenvalue weighted by Crippen LogP contribution is 2.31. The number of hydrazone groups is 1. The van der Waals surface area contributed by atoms with Gasteiger partial charge in [0.2, 0.25) is 5.91 Å². The van der Waals surface area contributed by atoms with Gasteiger partial charge in [-0.3, -0.25) is 9.59 Å². The average molecular weight is 494 g/mol. The van der Waals surface area contributed by atoms with Gasteiger partial charge in [0.05, 0.1) is 19.4 Å². The molecule has 2 heterocycles. The number of carbonyl (C=O) groups excluding carboxylic acids is 2. The number of anilines is 1. The molecule has 2 amide bonds. The van der Waals surface area contributed by atoms with Crippen LogP contribution in [0.15, 0.2) is 59.7 Å². The number of benzene rings is 2. The van der Waals surface area contributed by atoms with Crippen LogP contribution in [-0.2, 0) is 11.3 Å². The molecule has 10 heteroatoms. The van der Waals surface area contributed by atoms with Crippen molar-refractivity contribution >= 4 is 34.8 Å². The highest BCUT2D eigenvalue weighted by Gasteiger charge is 2.29. The highest BCUT2D eigenvalue weighted by molar-refractivity contribution is 6.29. The molecule has 180 valence electrons. The van der Waals surface area contributed by atoms with E-state index in [-0.39, 0.29) is 35.0 Å². The maximum Gasteiger partial charge on any atom is 0.276 e. The second-order valence-electron chi connectivity index (χ2n) is 8.02. The molecule has 0 spiro atoms. The minimum absolute atomic E-state index is 0.0215. The van der Waals surface area contributed by atoms with Gasteiger partial charge in [-0.25, -0.2) is 5.01 Å². The van der Waals surface area contributed by atoms with E-state index < -0.39 is 5.91 Å². The first-order valence-electron chi connectivity index (χ1n) is 11.0. The van der Waals surface area contributed by atoms with Gasteiger partial charge in [0.25, 0.3) is 5.91 Å². The highest BCUT2D eigenvalue weighted by atomic mass is 35.5. The van der Waals surface area contributed by atoms with Gasteiger partial charge in [0.15, 0.2) is 22.3 Å². The minimum atomic E-state index is -0.407. The van der Waals surface area contributed by atoms with E-state index in [1.807, 2.05) is 25.1 Å². The maximum absolute atomic E-state index is 12.8. The third-order valence-corrected chi connectivity index (χ3v) is 5.90. The lowest BCUT2D eigenvalue weighted by Crippen LogP contribution is -2.36. The van der Waals surface area contributed by atoms with Crippen molar-refractivity contribution in [1.29, 1.82) is 0 Å². The van der Waals surface area contributed by atoms with Gasteiger partial charge in [0, 0.05) is 23.6 Å². The number of aromatic hydroxyl groups is 1. The molecule has 4 rings (SSSR count). The number of methoxy groups -OCH3 is 1. The van der Waals surface area contributed by atoms with Crippen LogP contribution in [0.4, 0.5) is 5.69 Å². The Balaban J connectivity index is 1.49. The summed E-state index contributed by atoms with van der Waals surface area (Å²) in [4.78, 5) is 25.1. The third-order valence-electron chi connectivity index (χ3n) is 5.70. The summed E-state index contributed by atoms with van der Waals surface area (Å²) in [5, 5.41) is 26.7. The lowest BCUT2D eigenvalue weighted by atomic mass is 9.89. The van der Waals surface area contributed by atoms with Crippen LogP contribution in [0.2, 0.25) is 5.15 Å². The maximum atomic E-state index is 12.8. The second-order valence-corrected chi connectivity index (χ2v) is 8.41. The second kappa shape index (κ2) is 10.5. The molecule has 0 saturated carbocycles. The number of phenols is 1. The number of nitrogens with one attached hydrogen (secondary N) is 1. The smallest absolute Gasteiger partial charge is 0.276 e. The monoisotopic (exact) mass is 493 g/mol. The molecule has 0 radical (unpaired) electrons. The largest absolute Gasteiger partial charge is 0.504 e. The molecular formula is C25H24ClN5O4. The first-order valence-corrected chi connectivity index (χ1v) is 11.4. The fourth-order valence-electron chi connectivity index (χ4n) is 3.78. The molecule has 0 aliphatic carbocycles. The Morgan fingerprint density at radius 2 is 1.94 bits per heavy atom. The molecule has 0 bridgehead atoms. The SMILES string of the molecule is CCC1CC(=O)N(Cc2ccc(NC(=O)c3ccc(Cl)nn3)cc2)N=C1c1ccc(OC)c(O)c1. The van der Waals surface area contributed by atoms with Crippen molar-refractivity contribution in [3.63, 3.8) is 0 Å². The quantitative estimate of drug-likeness (QED) is 0.508. The summed E-state index contributed by atoms with van der Waals surface area (Å²) in [6.07, 6.45) is 1.08. The summed E-state index contributed by atoms with van der Waals surface area (Å²) in [5.41, 5.74) is 3.06. The Hall–Kier alpha value is -3.98. The molecule has 2 aromatic carbocycles. The molecule has 1 aromatic heterocycles. The van der Waals surface area contributed by atoms with Crippen LogP contribution >= 0.6 is 11.6 Å². The number of rotatable bonds is 7. The van der Waals surface area contributed by atoms with Gasteiger partial charge in [-0.1, -0.05) is 30.7 Å². The van der Waals surface area contributed by atoms with Crippen LogP contribution in [0.5, 0.6) is 11.5 Å². The van der Waals surface area contributed by atoms with Crippen LogP contribution in [0.25, 0.3) is 0 Å². The number of ether oxygens (including phenoxy) is 1. The van der Waals surface area contributed by atoms with Gasteiger partial charge < -0.3 is 15.2 Å². The van der Waals surface area contributed by atoms with E-state index in [2.05, 4.69) is 20.6 Å². The molecule has 2 N–H and O–H groups in total. The Morgan fingerprint density at radius 3 is 2.57 bits per heavy atom. The number of aromatic nitrogens is 2. The van der Waals surface area contributed by atoms with Crippen molar-refractivity contribution in [3.8, 4) is 11.5 Å². The molecule has 9 nitrogen and oxygen atoms in total. The van der Waals surface area contributed by atoms with Gasteiger partial charge in [-0.05, 0) is 54.4 Å². The molecule has 3 aromatic rings. The number of nitrogens with zero attached hydrogens (tertiary/aromatic N) is 4. The fourth-order valence-corrected chi connectivity index (χ4v) is 3.88. The molecule has 1 aliphatic rings. The lowest BCUT2D eigenvalue weighted by molar-refractivity contribution is -0.133. The zero-order valence-corrected chi connectivity index (χ0v) is 20.0. The van der Waals surface area contributed by atoms with Crippen LogP contribution in [-0.4, -0.2) is 44.9 Å². The standard InChI is InChI=1S/C25H24ClN5O4/c1-3-16-13-23(33)31(30-24(16)17-6-10-21(35-2)20(32)12-17)14-15-4-7-18(8-5-15)27-25(34)19-9-11-22(26)29-28-19/h4-12,16,32H,3,13-14H2,1-2H3,(H,27,34). The summed E-state index contributed by atoms with van der Waals surface area (Å²) in [7, 11) is 1.49. The topological polar surface area (TPSA) is 117 Å². The first-order chi connectivity index (χ1) is 16.9. The fraction of sp³-hybridized carbons (Fsp3) is 0.240. The van der Waals surface area contributed by atoms with Crippen molar-refractivity contribution in [2.45, 2.75) is 26.3 Å². The molecule has 1 aliphatic heterocycles. The molecule has 0 saturated heterocycles. The van der Waals surface area contributed by atoms with Crippen molar-refractivity contribution in [2.75, 3.05) is 12.4 Å². The number of carbonyl (C=O) groups is 2. The van der Waals surface area contributed by atoms with Crippen LogP contribution < -0.4 is 10.1 Å². The zero-order valence-electron chi connectivity index (χ0n) is 19.2. The normalized spacial score (nSPS) is 15.5. The summed E-state index contributed by atoms with van der Waals surface area (Å²) < 4.78 is 5.13. The summed E-state index contributed by atoms with van der Waals surface area (Å²) in [5.74, 6) is -0.123. The molecular weight excluding hydrogens is 470 g/mol. The Bertz CT molecular complexity index is 1260. The Kier molecular flexibility index (Phi) is 7.26. The van der Waals surface area contributed by atoms with E-state index in [0.717, 1.165) is 23.3 Å². The number of hydrogen-bond donors (Lipinski definition) is 2. The summed E-state index contributed by atoms with van der Waals surface area (Å²) >= 11 is 5.70. The predicted octanol–water partition coefficient (Wildman–Crippen LogP) is 4.26. The van der Waals surface area contributed by atoms with Crippen molar-refractivity contribution < 1.29 is 19.4 Å². The van der Waals surface area contributed by atoms with E-state index >= 15 is 0 Å². The predicted molar refractivity (Wildman–Crippen MR) is 132 cm³/mol. The number of amides is 2.